The lowest BCUT2D eigenvalue weighted by atomic mass is 10.1. The molecule has 0 aliphatic rings. The van der Waals surface area contributed by atoms with E-state index in [4.69, 9.17) is 11.6 Å². The van der Waals surface area contributed by atoms with Crippen molar-refractivity contribution in [3.8, 4) is 11.3 Å². The Bertz CT molecular complexity index is 1380. The summed E-state index contributed by atoms with van der Waals surface area (Å²) in [6, 6.07) is 18.2. The van der Waals surface area contributed by atoms with Gasteiger partial charge in [0, 0.05) is 10.6 Å². The number of H-pyrrole nitrogens is 1. The Balaban J connectivity index is 1.84. The zero-order valence-electron chi connectivity index (χ0n) is 15.3. The summed E-state index contributed by atoms with van der Waals surface area (Å²) in [4.78, 5) is 19.9. The number of nitrogens with zero attached hydrogens (tertiary/aromatic N) is 1. The highest BCUT2D eigenvalue weighted by molar-refractivity contribution is 7.92. The standard InChI is InChI=1S/C21H16ClN3O3S/c1-13-6-9-15(10-7-13)29(27,28)25-19-12-14(22)8-11-16(19)20-21(26)24-18-5-3-2-4-17(18)23-20/h2-12,25H,1H3,(H,24,26). The second-order valence-electron chi connectivity index (χ2n) is 6.54. The number of halogens is 1. The van der Waals surface area contributed by atoms with Crippen molar-refractivity contribution in [3.63, 3.8) is 0 Å². The topological polar surface area (TPSA) is 91.9 Å². The summed E-state index contributed by atoms with van der Waals surface area (Å²) in [7, 11) is -3.88. The van der Waals surface area contributed by atoms with Crippen molar-refractivity contribution in [1.82, 2.24) is 9.97 Å². The van der Waals surface area contributed by atoms with Crippen molar-refractivity contribution in [3.05, 3.63) is 87.7 Å². The predicted molar refractivity (Wildman–Crippen MR) is 115 cm³/mol. The molecule has 0 aliphatic heterocycles. The first kappa shape index (κ1) is 19.2. The number of hydrogen-bond acceptors (Lipinski definition) is 4. The van der Waals surface area contributed by atoms with E-state index in [9.17, 15) is 13.2 Å². The molecule has 0 amide bonds. The Labute approximate surface area is 172 Å². The van der Waals surface area contributed by atoms with Gasteiger partial charge in [0.25, 0.3) is 15.6 Å². The minimum atomic E-state index is -3.88. The van der Waals surface area contributed by atoms with Crippen molar-refractivity contribution >= 4 is 38.3 Å². The number of fused-ring (bicyclic) bond motifs is 1. The predicted octanol–water partition coefficient (Wildman–Crippen LogP) is 4.35. The summed E-state index contributed by atoms with van der Waals surface area (Å²) >= 11 is 6.09. The lowest BCUT2D eigenvalue weighted by Gasteiger charge is -2.13. The van der Waals surface area contributed by atoms with Crippen molar-refractivity contribution in [2.45, 2.75) is 11.8 Å². The molecule has 1 heterocycles. The van der Waals surface area contributed by atoms with Gasteiger partial charge in [-0.15, -0.1) is 0 Å². The lowest BCUT2D eigenvalue weighted by Crippen LogP contribution is -2.16. The van der Waals surface area contributed by atoms with E-state index in [-0.39, 0.29) is 16.3 Å². The van der Waals surface area contributed by atoms with Crippen molar-refractivity contribution in [2.75, 3.05) is 4.72 Å². The molecule has 146 valence electrons. The van der Waals surface area contributed by atoms with Crippen LogP contribution in [0.3, 0.4) is 0 Å². The van der Waals surface area contributed by atoms with Gasteiger partial charge >= 0.3 is 0 Å². The molecule has 4 aromatic rings. The fourth-order valence-electron chi connectivity index (χ4n) is 2.94. The number of rotatable bonds is 4. The van der Waals surface area contributed by atoms with Gasteiger partial charge in [0.15, 0.2) is 0 Å². The quantitative estimate of drug-likeness (QED) is 0.508. The van der Waals surface area contributed by atoms with E-state index in [0.29, 0.717) is 21.6 Å². The summed E-state index contributed by atoms with van der Waals surface area (Å²) < 4.78 is 28.2. The minimum Gasteiger partial charge on any atom is -0.319 e. The van der Waals surface area contributed by atoms with Gasteiger partial charge < -0.3 is 4.98 Å². The van der Waals surface area contributed by atoms with Gasteiger partial charge in [0.1, 0.15) is 5.69 Å². The molecule has 0 saturated heterocycles. The Morgan fingerprint density at radius 2 is 1.72 bits per heavy atom. The molecule has 2 N–H and O–H groups in total. The number of aryl methyl sites for hydroxylation is 1. The van der Waals surface area contributed by atoms with Gasteiger partial charge in [-0.1, -0.05) is 41.4 Å². The monoisotopic (exact) mass is 425 g/mol. The van der Waals surface area contributed by atoms with Crippen LogP contribution in [0.15, 0.2) is 76.4 Å². The van der Waals surface area contributed by atoms with Crippen molar-refractivity contribution in [2.24, 2.45) is 0 Å². The van der Waals surface area contributed by atoms with Gasteiger partial charge in [0.05, 0.1) is 21.6 Å². The number of para-hydroxylation sites is 2. The zero-order valence-corrected chi connectivity index (χ0v) is 16.9. The third kappa shape index (κ3) is 3.87. The zero-order chi connectivity index (χ0) is 20.6. The molecule has 0 spiro atoms. The summed E-state index contributed by atoms with van der Waals surface area (Å²) in [5, 5.41) is 0.326. The molecule has 3 aromatic carbocycles. The fourth-order valence-corrected chi connectivity index (χ4v) is 4.18. The van der Waals surface area contributed by atoms with Crippen LogP contribution in [0.1, 0.15) is 5.56 Å². The molecular weight excluding hydrogens is 410 g/mol. The molecule has 0 bridgehead atoms. The molecule has 0 radical (unpaired) electrons. The Morgan fingerprint density at radius 3 is 2.48 bits per heavy atom. The van der Waals surface area contributed by atoms with Crippen molar-refractivity contribution < 1.29 is 8.42 Å². The molecule has 0 unspecified atom stereocenters. The maximum atomic E-state index is 12.8. The molecule has 6 nitrogen and oxygen atoms in total. The van der Waals surface area contributed by atoms with Crippen LogP contribution in [0.4, 0.5) is 5.69 Å². The molecule has 4 rings (SSSR count). The number of hydrogen-bond donors (Lipinski definition) is 2. The van der Waals surface area contributed by atoms with Gasteiger partial charge in [-0.05, 0) is 49.4 Å². The highest BCUT2D eigenvalue weighted by atomic mass is 35.5. The highest BCUT2D eigenvalue weighted by Gasteiger charge is 2.19. The van der Waals surface area contributed by atoms with Gasteiger partial charge in [-0.25, -0.2) is 13.4 Å². The molecule has 8 heteroatoms. The molecule has 0 fully saturated rings. The van der Waals surface area contributed by atoms with Crippen LogP contribution in [-0.2, 0) is 10.0 Å². The average molecular weight is 426 g/mol. The fraction of sp³-hybridized carbons (Fsp3) is 0.0476. The summed E-state index contributed by atoms with van der Waals surface area (Å²) in [5.41, 5.74) is 2.30. The first-order valence-corrected chi connectivity index (χ1v) is 10.6. The average Bonchev–Trinajstić information content (AvgIpc) is 2.68. The van der Waals surface area contributed by atoms with E-state index in [0.717, 1.165) is 5.56 Å². The van der Waals surface area contributed by atoms with Gasteiger partial charge in [0.2, 0.25) is 0 Å². The summed E-state index contributed by atoms with van der Waals surface area (Å²) in [6.07, 6.45) is 0. The molecule has 0 atom stereocenters. The Morgan fingerprint density at radius 1 is 1.00 bits per heavy atom. The molecular formula is C21H16ClN3O3S. The maximum absolute atomic E-state index is 12.8. The highest BCUT2D eigenvalue weighted by Crippen LogP contribution is 2.30. The number of sulfonamides is 1. The Kier molecular flexibility index (Phi) is 4.86. The van der Waals surface area contributed by atoms with E-state index in [1.54, 1.807) is 48.5 Å². The molecule has 0 saturated carbocycles. The summed E-state index contributed by atoms with van der Waals surface area (Å²) in [6.45, 7) is 1.87. The minimum absolute atomic E-state index is 0.0990. The first-order valence-electron chi connectivity index (χ1n) is 8.72. The van der Waals surface area contributed by atoms with Crippen LogP contribution in [0.2, 0.25) is 5.02 Å². The van der Waals surface area contributed by atoms with Crippen LogP contribution >= 0.6 is 11.6 Å². The number of benzene rings is 3. The lowest BCUT2D eigenvalue weighted by molar-refractivity contribution is 0.601. The Hall–Kier alpha value is -3.16. The van der Waals surface area contributed by atoms with E-state index in [1.807, 2.05) is 6.92 Å². The van der Waals surface area contributed by atoms with Crippen LogP contribution in [0, 0.1) is 6.92 Å². The third-order valence-corrected chi connectivity index (χ3v) is 6.03. The van der Waals surface area contributed by atoms with E-state index in [2.05, 4.69) is 14.7 Å². The number of nitrogens with one attached hydrogen (secondary N) is 2. The van der Waals surface area contributed by atoms with Crippen LogP contribution in [0.5, 0.6) is 0 Å². The maximum Gasteiger partial charge on any atom is 0.275 e. The first-order chi connectivity index (χ1) is 13.8. The van der Waals surface area contributed by atoms with Crippen LogP contribution in [0.25, 0.3) is 22.3 Å². The SMILES string of the molecule is Cc1ccc(S(=O)(=O)Nc2cc(Cl)ccc2-c2nc3ccccc3[nH]c2=O)cc1. The van der Waals surface area contributed by atoms with E-state index < -0.39 is 15.6 Å². The third-order valence-electron chi connectivity index (χ3n) is 4.41. The van der Waals surface area contributed by atoms with E-state index in [1.165, 1.54) is 18.2 Å². The van der Waals surface area contributed by atoms with E-state index >= 15 is 0 Å². The van der Waals surface area contributed by atoms with Gasteiger partial charge in [-0.3, -0.25) is 9.52 Å². The van der Waals surface area contributed by atoms with Crippen LogP contribution in [-0.4, -0.2) is 18.4 Å². The van der Waals surface area contributed by atoms with Crippen molar-refractivity contribution in [1.29, 1.82) is 0 Å². The second kappa shape index (κ2) is 7.35. The van der Waals surface area contributed by atoms with Gasteiger partial charge in [-0.2, -0.15) is 0 Å². The molecule has 1 aromatic heterocycles. The smallest absolute Gasteiger partial charge is 0.275 e. The summed E-state index contributed by atoms with van der Waals surface area (Å²) in [5.74, 6) is 0. The largest absolute Gasteiger partial charge is 0.319 e. The van der Waals surface area contributed by atoms with Crippen LogP contribution < -0.4 is 10.3 Å². The number of anilines is 1. The number of aromatic amines is 1. The normalized spacial score (nSPS) is 11.5. The molecule has 29 heavy (non-hydrogen) atoms. The molecule has 0 aliphatic carbocycles. The second-order valence-corrected chi connectivity index (χ2v) is 8.66. The number of aromatic nitrogens is 2.